The highest BCUT2D eigenvalue weighted by Gasteiger charge is 2.13. The fourth-order valence-electron chi connectivity index (χ4n) is 2.86. The first kappa shape index (κ1) is 16.3. The summed E-state index contributed by atoms with van der Waals surface area (Å²) in [6, 6.07) is 28.1. The fourth-order valence-corrected chi connectivity index (χ4v) is 2.99. The number of hydrogen-bond acceptors (Lipinski definition) is 2. The molecule has 0 fully saturated rings. The van der Waals surface area contributed by atoms with Gasteiger partial charge in [-0.2, -0.15) is 0 Å². The summed E-state index contributed by atoms with van der Waals surface area (Å²) < 4.78 is 1.61. The van der Waals surface area contributed by atoms with Gasteiger partial charge >= 0.3 is 0 Å². The minimum atomic E-state index is -0.139. The standard InChI is InChI=1S/C22H15ClN2O/c23-18-11-13-19(14-12-18)25-21(26)15-20(16-7-3-1-4-8-16)24-22(25)17-9-5-2-6-10-17/h1-15H. The monoisotopic (exact) mass is 358 g/mol. The van der Waals surface area contributed by atoms with Crippen LogP contribution >= 0.6 is 11.6 Å². The highest BCUT2D eigenvalue weighted by atomic mass is 35.5. The summed E-state index contributed by atoms with van der Waals surface area (Å²) in [6.07, 6.45) is 0. The van der Waals surface area contributed by atoms with Gasteiger partial charge in [-0.05, 0) is 24.3 Å². The van der Waals surface area contributed by atoms with E-state index < -0.39 is 0 Å². The van der Waals surface area contributed by atoms with Crippen molar-refractivity contribution in [1.82, 2.24) is 9.55 Å². The summed E-state index contributed by atoms with van der Waals surface area (Å²) in [5.41, 5.74) is 3.02. The van der Waals surface area contributed by atoms with E-state index >= 15 is 0 Å². The van der Waals surface area contributed by atoms with Gasteiger partial charge in [-0.3, -0.25) is 9.36 Å². The van der Waals surface area contributed by atoms with Crippen molar-refractivity contribution in [2.45, 2.75) is 0 Å². The molecule has 126 valence electrons. The minimum absolute atomic E-state index is 0.139. The lowest BCUT2D eigenvalue weighted by atomic mass is 10.1. The molecule has 1 heterocycles. The van der Waals surface area contributed by atoms with Crippen molar-refractivity contribution < 1.29 is 0 Å². The van der Waals surface area contributed by atoms with Crippen LogP contribution in [0.3, 0.4) is 0 Å². The molecule has 0 spiro atoms. The maximum atomic E-state index is 13.0. The van der Waals surface area contributed by atoms with Gasteiger partial charge in [-0.25, -0.2) is 4.98 Å². The topological polar surface area (TPSA) is 34.9 Å². The second-order valence-corrected chi connectivity index (χ2v) is 6.28. The van der Waals surface area contributed by atoms with Gasteiger partial charge in [0.1, 0.15) is 5.82 Å². The zero-order valence-corrected chi connectivity index (χ0v) is 14.6. The van der Waals surface area contributed by atoms with Crippen molar-refractivity contribution in [1.29, 1.82) is 0 Å². The molecule has 0 atom stereocenters. The van der Waals surface area contributed by atoms with Crippen molar-refractivity contribution in [2.75, 3.05) is 0 Å². The first-order valence-corrected chi connectivity index (χ1v) is 8.61. The van der Waals surface area contributed by atoms with Gasteiger partial charge in [0.25, 0.3) is 5.56 Å². The van der Waals surface area contributed by atoms with Crippen LogP contribution in [0.4, 0.5) is 0 Å². The van der Waals surface area contributed by atoms with Gasteiger partial charge in [0, 0.05) is 22.2 Å². The molecule has 26 heavy (non-hydrogen) atoms. The fraction of sp³-hybridized carbons (Fsp3) is 0. The molecule has 3 aromatic carbocycles. The zero-order chi connectivity index (χ0) is 17.9. The van der Waals surface area contributed by atoms with E-state index in [-0.39, 0.29) is 5.56 Å². The normalized spacial score (nSPS) is 10.7. The molecule has 0 N–H and O–H groups in total. The van der Waals surface area contributed by atoms with Crippen molar-refractivity contribution in [3.63, 3.8) is 0 Å². The Balaban J connectivity index is 1.99. The molecule has 4 heteroatoms. The average Bonchev–Trinajstić information content (AvgIpc) is 2.70. The molecule has 0 saturated carbocycles. The zero-order valence-electron chi connectivity index (χ0n) is 13.8. The third-order valence-electron chi connectivity index (χ3n) is 4.11. The molecule has 0 radical (unpaired) electrons. The first-order chi connectivity index (χ1) is 12.7. The summed E-state index contributed by atoms with van der Waals surface area (Å²) in [5, 5.41) is 0.622. The molecule has 0 aliphatic rings. The maximum absolute atomic E-state index is 13.0. The molecular formula is C22H15ClN2O. The second kappa shape index (κ2) is 6.98. The summed E-state index contributed by atoms with van der Waals surface area (Å²) >= 11 is 6.00. The lowest BCUT2D eigenvalue weighted by Crippen LogP contribution is -2.21. The first-order valence-electron chi connectivity index (χ1n) is 8.23. The smallest absolute Gasteiger partial charge is 0.258 e. The highest BCUT2D eigenvalue weighted by molar-refractivity contribution is 6.30. The number of hydrogen-bond donors (Lipinski definition) is 0. The highest BCUT2D eigenvalue weighted by Crippen LogP contribution is 2.24. The Labute approximate surface area is 156 Å². The molecule has 0 saturated heterocycles. The number of aromatic nitrogens is 2. The SMILES string of the molecule is O=c1cc(-c2ccccc2)nc(-c2ccccc2)n1-c1ccc(Cl)cc1. The Morgan fingerprint density at radius 2 is 1.31 bits per heavy atom. The largest absolute Gasteiger partial charge is 0.269 e. The van der Waals surface area contributed by atoms with Crippen LogP contribution in [0.5, 0.6) is 0 Å². The van der Waals surface area contributed by atoms with Crippen molar-refractivity contribution in [2.24, 2.45) is 0 Å². The molecule has 1 aromatic heterocycles. The molecule has 4 rings (SSSR count). The molecule has 0 aliphatic heterocycles. The van der Waals surface area contributed by atoms with Crippen LogP contribution in [0.15, 0.2) is 95.8 Å². The molecule has 0 aliphatic carbocycles. The molecule has 0 unspecified atom stereocenters. The van der Waals surface area contributed by atoms with E-state index in [0.29, 0.717) is 16.5 Å². The second-order valence-electron chi connectivity index (χ2n) is 5.85. The lowest BCUT2D eigenvalue weighted by molar-refractivity contribution is 0.952. The van der Waals surface area contributed by atoms with Gasteiger partial charge in [-0.1, -0.05) is 72.3 Å². The summed E-state index contributed by atoms with van der Waals surface area (Å²) in [4.78, 5) is 17.8. The molecule has 4 aromatic rings. The van der Waals surface area contributed by atoms with Crippen molar-refractivity contribution >= 4 is 11.6 Å². The van der Waals surface area contributed by atoms with Crippen LogP contribution < -0.4 is 5.56 Å². The van der Waals surface area contributed by atoms with Gasteiger partial charge < -0.3 is 0 Å². The molecule has 0 amide bonds. The third-order valence-corrected chi connectivity index (χ3v) is 4.36. The summed E-state index contributed by atoms with van der Waals surface area (Å²) in [5.74, 6) is 0.597. The number of benzene rings is 3. The molecular weight excluding hydrogens is 344 g/mol. The summed E-state index contributed by atoms with van der Waals surface area (Å²) in [6.45, 7) is 0. The predicted octanol–water partition coefficient (Wildman–Crippen LogP) is 5.22. The van der Waals surface area contributed by atoms with E-state index in [4.69, 9.17) is 16.6 Å². The van der Waals surface area contributed by atoms with Crippen molar-refractivity contribution in [3.8, 4) is 28.3 Å². The third kappa shape index (κ3) is 3.17. The van der Waals surface area contributed by atoms with Crippen LogP contribution in [-0.4, -0.2) is 9.55 Å². The average molecular weight is 359 g/mol. The number of halogens is 1. The molecule has 0 bridgehead atoms. The van der Waals surface area contributed by atoms with E-state index in [0.717, 1.165) is 16.8 Å². The molecule has 3 nitrogen and oxygen atoms in total. The van der Waals surface area contributed by atoms with E-state index in [1.54, 1.807) is 22.8 Å². The van der Waals surface area contributed by atoms with Crippen LogP contribution in [0.1, 0.15) is 0 Å². The number of nitrogens with zero attached hydrogens (tertiary/aromatic N) is 2. The van der Waals surface area contributed by atoms with E-state index in [9.17, 15) is 4.79 Å². The van der Waals surface area contributed by atoms with E-state index in [1.165, 1.54) is 0 Å². The van der Waals surface area contributed by atoms with Crippen molar-refractivity contribution in [3.05, 3.63) is 106 Å². The van der Waals surface area contributed by atoms with Crippen LogP contribution in [0, 0.1) is 0 Å². The van der Waals surface area contributed by atoms with Gasteiger partial charge in [0.15, 0.2) is 0 Å². The predicted molar refractivity (Wildman–Crippen MR) is 106 cm³/mol. The Hall–Kier alpha value is -3.17. The van der Waals surface area contributed by atoms with Gasteiger partial charge in [0.05, 0.1) is 11.4 Å². The summed E-state index contributed by atoms with van der Waals surface area (Å²) in [7, 11) is 0. The van der Waals surface area contributed by atoms with Gasteiger partial charge in [0.2, 0.25) is 0 Å². The van der Waals surface area contributed by atoms with Crippen LogP contribution in [0.2, 0.25) is 5.02 Å². The van der Waals surface area contributed by atoms with E-state index in [2.05, 4.69) is 0 Å². The Bertz CT molecular complexity index is 1090. The Morgan fingerprint density at radius 1 is 0.731 bits per heavy atom. The number of rotatable bonds is 3. The van der Waals surface area contributed by atoms with Crippen LogP contribution in [-0.2, 0) is 0 Å². The van der Waals surface area contributed by atoms with E-state index in [1.807, 2.05) is 72.8 Å². The lowest BCUT2D eigenvalue weighted by Gasteiger charge is -2.14. The Morgan fingerprint density at radius 3 is 1.92 bits per heavy atom. The Kier molecular flexibility index (Phi) is 4.38. The van der Waals surface area contributed by atoms with Gasteiger partial charge in [-0.15, -0.1) is 0 Å². The quantitative estimate of drug-likeness (QED) is 0.503. The van der Waals surface area contributed by atoms with Crippen LogP contribution in [0.25, 0.3) is 28.3 Å². The minimum Gasteiger partial charge on any atom is -0.269 e. The maximum Gasteiger partial charge on any atom is 0.258 e.